The SMILES string of the molecule is CCc1nn(-c2ccc(C(=O)O)nc2)c(CC)c1[N+](=O)[O-]. The molecule has 2 rings (SSSR count). The molecule has 0 bridgehead atoms. The number of carboxylic acids is 1. The maximum atomic E-state index is 11.2. The number of aromatic carboxylic acids is 1. The van der Waals surface area contributed by atoms with E-state index in [1.807, 2.05) is 0 Å². The highest BCUT2D eigenvalue weighted by atomic mass is 16.6. The number of aromatic nitrogens is 3. The minimum atomic E-state index is -1.13. The zero-order valence-electron chi connectivity index (χ0n) is 11.6. The van der Waals surface area contributed by atoms with Gasteiger partial charge in [-0.25, -0.2) is 14.5 Å². The van der Waals surface area contributed by atoms with E-state index in [9.17, 15) is 14.9 Å². The van der Waals surface area contributed by atoms with Crippen molar-refractivity contribution in [3.8, 4) is 5.69 Å². The number of carbonyl (C=O) groups is 1. The number of pyridine rings is 1. The third-order valence-electron chi connectivity index (χ3n) is 3.09. The zero-order valence-corrected chi connectivity index (χ0v) is 11.6. The number of hydrogen-bond acceptors (Lipinski definition) is 5. The highest BCUT2D eigenvalue weighted by Crippen LogP contribution is 2.27. The fourth-order valence-corrected chi connectivity index (χ4v) is 2.11. The number of carboxylic acid groups (broad SMARTS) is 1. The first-order chi connectivity index (χ1) is 9.99. The molecule has 2 aromatic heterocycles. The van der Waals surface area contributed by atoms with Crippen LogP contribution in [0.15, 0.2) is 18.3 Å². The van der Waals surface area contributed by atoms with Crippen LogP contribution in [-0.4, -0.2) is 30.8 Å². The molecule has 0 aliphatic carbocycles. The summed E-state index contributed by atoms with van der Waals surface area (Å²) < 4.78 is 1.45. The summed E-state index contributed by atoms with van der Waals surface area (Å²) in [6.45, 7) is 3.60. The van der Waals surface area contributed by atoms with Crippen LogP contribution in [0.4, 0.5) is 5.69 Å². The molecule has 0 radical (unpaired) electrons. The van der Waals surface area contributed by atoms with Crippen molar-refractivity contribution in [3.63, 3.8) is 0 Å². The minimum Gasteiger partial charge on any atom is -0.477 e. The van der Waals surface area contributed by atoms with Gasteiger partial charge in [-0.2, -0.15) is 5.10 Å². The molecule has 0 fully saturated rings. The molecule has 1 N–H and O–H groups in total. The lowest BCUT2D eigenvalue weighted by molar-refractivity contribution is -0.386. The molecule has 8 heteroatoms. The highest BCUT2D eigenvalue weighted by molar-refractivity contribution is 5.85. The highest BCUT2D eigenvalue weighted by Gasteiger charge is 2.26. The summed E-state index contributed by atoms with van der Waals surface area (Å²) >= 11 is 0. The summed E-state index contributed by atoms with van der Waals surface area (Å²) in [4.78, 5) is 25.4. The van der Waals surface area contributed by atoms with Gasteiger partial charge in [0.25, 0.3) is 0 Å². The molecule has 0 aromatic carbocycles. The summed E-state index contributed by atoms with van der Waals surface area (Å²) in [5.74, 6) is -1.13. The van der Waals surface area contributed by atoms with E-state index in [0.29, 0.717) is 29.9 Å². The van der Waals surface area contributed by atoms with Gasteiger partial charge in [0, 0.05) is 0 Å². The molecule has 0 aliphatic heterocycles. The van der Waals surface area contributed by atoms with Crippen LogP contribution in [0.2, 0.25) is 0 Å². The van der Waals surface area contributed by atoms with Crippen LogP contribution in [-0.2, 0) is 12.8 Å². The average molecular weight is 290 g/mol. The lowest BCUT2D eigenvalue weighted by Gasteiger charge is -2.04. The molecule has 110 valence electrons. The van der Waals surface area contributed by atoms with Crippen molar-refractivity contribution in [1.82, 2.24) is 14.8 Å². The molecule has 0 aliphatic rings. The van der Waals surface area contributed by atoms with Crippen molar-refractivity contribution in [2.45, 2.75) is 26.7 Å². The Balaban J connectivity index is 2.58. The molecule has 0 saturated carbocycles. The number of rotatable bonds is 5. The lowest BCUT2D eigenvalue weighted by Crippen LogP contribution is -2.05. The predicted molar refractivity (Wildman–Crippen MR) is 73.7 cm³/mol. The number of nitro groups is 1. The van der Waals surface area contributed by atoms with E-state index in [4.69, 9.17) is 5.11 Å². The van der Waals surface area contributed by atoms with E-state index >= 15 is 0 Å². The Morgan fingerprint density at radius 2 is 2.10 bits per heavy atom. The van der Waals surface area contributed by atoms with Crippen molar-refractivity contribution >= 4 is 11.7 Å². The molecule has 0 amide bonds. The number of hydrogen-bond donors (Lipinski definition) is 1. The summed E-state index contributed by atoms with van der Waals surface area (Å²) in [6, 6.07) is 2.88. The van der Waals surface area contributed by atoms with Gasteiger partial charge in [0.1, 0.15) is 17.1 Å². The van der Waals surface area contributed by atoms with Crippen molar-refractivity contribution in [1.29, 1.82) is 0 Å². The van der Waals surface area contributed by atoms with Crippen LogP contribution in [0.1, 0.15) is 35.7 Å². The van der Waals surface area contributed by atoms with Gasteiger partial charge >= 0.3 is 11.7 Å². The normalized spacial score (nSPS) is 10.6. The third-order valence-corrected chi connectivity index (χ3v) is 3.09. The maximum Gasteiger partial charge on any atom is 0.354 e. The molecule has 2 aromatic rings. The molecule has 0 atom stereocenters. The van der Waals surface area contributed by atoms with E-state index in [1.165, 1.54) is 23.0 Å². The number of aryl methyl sites for hydroxylation is 1. The maximum absolute atomic E-state index is 11.2. The molecule has 0 spiro atoms. The molecule has 2 heterocycles. The first-order valence-corrected chi connectivity index (χ1v) is 6.44. The fraction of sp³-hybridized carbons (Fsp3) is 0.308. The summed E-state index contributed by atoms with van der Waals surface area (Å²) in [5, 5.41) is 24.3. The van der Waals surface area contributed by atoms with Crippen molar-refractivity contribution < 1.29 is 14.8 Å². The second-order valence-electron chi connectivity index (χ2n) is 4.32. The van der Waals surface area contributed by atoms with Gasteiger partial charge in [-0.3, -0.25) is 10.1 Å². The van der Waals surface area contributed by atoms with Gasteiger partial charge in [0.2, 0.25) is 0 Å². The molecule has 0 unspecified atom stereocenters. The quantitative estimate of drug-likeness (QED) is 0.666. The Labute approximate surface area is 120 Å². The van der Waals surface area contributed by atoms with Crippen LogP contribution in [0.5, 0.6) is 0 Å². The van der Waals surface area contributed by atoms with E-state index in [-0.39, 0.29) is 11.4 Å². The van der Waals surface area contributed by atoms with Gasteiger partial charge in [-0.05, 0) is 25.0 Å². The van der Waals surface area contributed by atoms with Gasteiger partial charge in [0.05, 0.1) is 16.8 Å². The summed E-state index contributed by atoms with van der Waals surface area (Å²) in [7, 11) is 0. The molecule has 0 saturated heterocycles. The fourth-order valence-electron chi connectivity index (χ4n) is 2.11. The minimum absolute atomic E-state index is 0.0160. The topological polar surface area (TPSA) is 111 Å². The van der Waals surface area contributed by atoms with E-state index in [2.05, 4.69) is 10.1 Å². The average Bonchev–Trinajstić information content (AvgIpc) is 2.86. The second-order valence-corrected chi connectivity index (χ2v) is 4.32. The summed E-state index contributed by atoms with van der Waals surface area (Å²) in [5.41, 5.74) is 1.30. The lowest BCUT2D eigenvalue weighted by atomic mass is 10.2. The Kier molecular flexibility index (Phi) is 3.97. The van der Waals surface area contributed by atoms with Gasteiger partial charge in [-0.15, -0.1) is 0 Å². The van der Waals surface area contributed by atoms with E-state index in [1.54, 1.807) is 13.8 Å². The van der Waals surface area contributed by atoms with Crippen LogP contribution in [0.3, 0.4) is 0 Å². The smallest absolute Gasteiger partial charge is 0.354 e. The third kappa shape index (κ3) is 2.60. The first kappa shape index (κ1) is 14.6. The van der Waals surface area contributed by atoms with Gasteiger partial charge < -0.3 is 5.11 Å². The largest absolute Gasteiger partial charge is 0.477 e. The monoisotopic (exact) mass is 290 g/mol. The Bertz CT molecular complexity index is 691. The van der Waals surface area contributed by atoms with E-state index < -0.39 is 10.9 Å². The Morgan fingerprint density at radius 3 is 2.52 bits per heavy atom. The van der Waals surface area contributed by atoms with Crippen LogP contribution in [0, 0.1) is 10.1 Å². The summed E-state index contributed by atoms with van der Waals surface area (Å²) in [6.07, 6.45) is 2.22. The standard InChI is InChI=1S/C13H14N4O4/c1-3-9-12(17(20)21)11(4-2)16(15-9)8-5-6-10(13(18)19)14-7-8/h5-7H,3-4H2,1-2H3,(H,18,19). The molecular weight excluding hydrogens is 276 g/mol. The molecule has 8 nitrogen and oxygen atoms in total. The van der Waals surface area contributed by atoms with Crippen LogP contribution in [0.25, 0.3) is 5.69 Å². The first-order valence-electron chi connectivity index (χ1n) is 6.44. The Hall–Kier alpha value is -2.77. The zero-order chi connectivity index (χ0) is 15.6. The molecule has 21 heavy (non-hydrogen) atoms. The van der Waals surface area contributed by atoms with Gasteiger partial charge in [0.15, 0.2) is 0 Å². The predicted octanol–water partition coefficient (Wildman–Crippen LogP) is 2.00. The van der Waals surface area contributed by atoms with Crippen LogP contribution < -0.4 is 0 Å². The second kappa shape index (κ2) is 5.70. The van der Waals surface area contributed by atoms with E-state index in [0.717, 1.165) is 0 Å². The van der Waals surface area contributed by atoms with Crippen molar-refractivity contribution in [3.05, 3.63) is 45.5 Å². The van der Waals surface area contributed by atoms with Crippen molar-refractivity contribution in [2.75, 3.05) is 0 Å². The van der Waals surface area contributed by atoms with Crippen LogP contribution >= 0.6 is 0 Å². The Morgan fingerprint density at radius 1 is 1.38 bits per heavy atom. The van der Waals surface area contributed by atoms with Crippen molar-refractivity contribution in [2.24, 2.45) is 0 Å². The van der Waals surface area contributed by atoms with Gasteiger partial charge in [-0.1, -0.05) is 13.8 Å². The number of nitrogens with zero attached hydrogens (tertiary/aromatic N) is 4. The molecular formula is C13H14N4O4.